The quantitative estimate of drug-likeness (QED) is 0.741. The van der Waals surface area contributed by atoms with Gasteiger partial charge >= 0.3 is 5.97 Å². The lowest BCUT2D eigenvalue weighted by molar-refractivity contribution is -0.136. The van der Waals surface area contributed by atoms with Crippen LogP contribution in [-0.2, 0) is 20.7 Å². The normalized spacial score (nSPS) is 14.4. The van der Waals surface area contributed by atoms with Crippen molar-refractivity contribution in [1.29, 1.82) is 0 Å². The molecule has 2 N–H and O–H groups in total. The number of benzene rings is 1. The fraction of sp³-hybridized carbons (Fsp3) is 0.412. The van der Waals surface area contributed by atoms with Gasteiger partial charge in [-0.2, -0.15) is 0 Å². The van der Waals surface area contributed by atoms with Crippen LogP contribution in [0.3, 0.4) is 0 Å². The van der Waals surface area contributed by atoms with Crippen LogP contribution in [0, 0.1) is 0 Å². The molecule has 1 amide bonds. The fourth-order valence-corrected chi connectivity index (χ4v) is 2.54. The van der Waals surface area contributed by atoms with Gasteiger partial charge in [-0.1, -0.05) is 25.5 Å². The van der Waals surface area contributed by atoms with E-state index in [4.69, 9.17) is 9.84 Å². The van der Waals surface area contributed by atoms with E-state index in [9.17, 15) is 9.59 Å². The average Bonchev–Trinajstić information content (AvgIpc) is 2.86. The van der Waals surface area contributed by atoms with Gasteiger partial charge in [-0.25, -0.2) is 4.79 Å². The van der Waals surface area contributed by atoms with E-state index in [-0.39, 0.29) is 36.9 Å². The Morgan fingerprint density at radius 1 is 1.35 bits per heavy atom. The summed E-state index contributed by atoms with van der Waals surface area (Å²) in [5, 5.41) is 12.1. The number of hydrogen-bond acceptors (Lipinski definition) is 5. The van der Waals surface area contributed by atoms with Gasteiger partial charge in [0.2, 0.25) is 0 Å². The van der Waals surface area contributed by atoms with Crippen LogP contribution >= 0.6 is 0 Å². The summed E-state index contributed by atoms with van der Waals surface area (Å²) in [6, 6.07) is 7.76. The van der Waals surface area contributed by atoms with Crippen molar-refractivity contribution >= 4 is 17.6 Å². The van der Waals surface area contributed by atoms with Gasteiger partial charge in [-0.15, -0.1) is 0 Å². The van der Waals surface area contributed by atoms with Gasteiger partial charge in [0.25, 0.3) is 5.91 Å². The lowest BCUT2D eigenvalue weighted by Crippen LogP contribution is -2.31. The summed E-state index contributed by atoms with van der Waals surface area (Å²) in [7, 11) is 1.28. The number of β-amino-alcohol motifs (C(OH)–C–C–N with tert-alkyl or cyclic N) is 1. The second-order valence-corrected chi connectivity index (χ2v) is 5.37. The van der Waals surface area contributed by atoms with Crippen LogP contribution in [0.25, 0.3) is 0 Å². The van der Waals surface area contributed by atoms with Gasteiger partial charge in [-0.05, 0) is 24.1 Å². The zero-order valence-corrected chi connectivity index (χ0v) is 13.5. The van der Waals surface area contributed by atoms with Crippen LogP contribution in [-0.4, -0.2) is 48.7 Å². The maximum absolute atomic E-state index is 12.4. The zero-order valence-electron chi connectivity index (χ0n) is 13.5. The number of amides is 1. The summed E-state index contributed by atoms with van der Waals surface area (Å²) in [5.74, 6) is -0.846. The first-order valence-corrected chi connectivity index (χ1v) is 7.68. The van der Waals surface area contributed by atoms with Crippen LogP contribution in [0.4, 0.5) is 5.69 Å². The predicted molar refractivity (Wildman–Crippen MR) is 86.8 cm³/mol. The average molecular weight is 318 g/mol. The third-order valence-electron chi connectivity index (χ3n) is 3.72. The summed E-state index contributed by atoms with van der Waals surface area (Å²) in [6.45, 7) is 2.29. The molecule has 0 saturated carbocycles. The standard InChI is InChI=1S/C17H22N2O4/c1-3-4-12-5-7-13(8-6-12)18-15-14(17(22)23-2)11-19(9-10-20)16(15)21/h5-8,18,20H,3-4,9-11H2,1-2H3. The zero-order chi connectivity index (χ0) is 16.8. The van der Waals surface area contributed by atoms with Crippen LogP contribution in [0.5, 0.6) is 0 Å². The van der Waals surface area contributed by atoms with Gasteiger partial charge < -0.3 is 20.1 Å². The molecule has 124 valence electrons. The predicted octanol–water partition coefficient (Wildman–Crippen LogP) is 1.31. The molecule has 1 aromatic rings. The molecule has 1 aliphatic heterocycles. The second kappa shape index (κ2) is 7.78. The van der Waals surface area contributed by atoms with Crippen molar-refractivity contribution in [2.24, 2.45) is 0 Å². The van der Waals surface area contributed by atoms with Crippen LogP contribution < -0.4 is 5.32 Å². The van der Waals surface area contributed by atoms with E-state index in [1.54, 1.807) is 0 Å². The highest BCUT2D eigenvalue weighted by Gasteiger charge is 2.34. The second-order valence-electron chi connectivity index (χ2n) is 5.37. The fourth-order valence-electron chi connectivity index (χ4n) is 2.54. The number of carbonyl (C=O) groups is 2. The highest BCUT2D eigenvalue weighted by Crippen LogP contribution is 2.23. The van der Waals surface area contributed by atoms with Gasteiger partial charge in [0.1, 0.15) is 5.70 Å². The monoisotopic (exact) mass is 318 g/mol. The Morgan fingerprint density at radius 3 is 2.61 bits per heavy atom. The van der Waals surface area contributed by atoms with E-state index in [2.05, 4.69) is 12.2 Å². The number of aliphatic hydroxyl groups excluding tert-OH is 1. The van der Waals surface area contributed by atoms with Gasteiger partial charge in [0.15, 0.2) is 0 Å². The van der Waals surface area contributed by atoms with E-state index >= 15 is 0 Å². The number of hydrogen-bond donors (Lipinski definition) is 2. The first-order chi connectivity index (χ1) is 11.1. The molecule has 0 bridgehead atoms. The van der Waals surface area contributed by atoms with E-state index < -0.39 is 5.97 Å². The summed E-state index contributed by atoms with van der Waals surface area (Å²) in [5.41, 5.74) is 2.46. The number of methoxy groups -OCH3 is 1. The number of nitrogens with zero attached hydrogens (tertiary/aromatic N) is 1. The minimum Gasteiger partial charge on any atom is -0.466 e. The Balaban J connectivity index is 2.22. The maximum Gasteiger partial charge on any atom is 0.337 e. The Kier molecular flexibility index (Phi) is 5.76. The lowest BCUT2D eigenvalue weighted by atomic mass is 10.1. The maximum atomic E-state index is 12.4. The molecule has 0 saturated heterocycles. The molecule has 0 atom stereocenters. The first-order valence-electron chi connectivity index (χ1n) is 7.68. The van der Waals surface area contributed by atoms with Crippen molar-refractivity contribution in [3.05, 3.63) is 41.1 Å². The van der Waals surface area contributed by atoms with E-state index in [0.717, 1.165) is 18.5 Å². The molecular weight excluding hydrogens is 296 g/mol. The van der Waals surface area contributed by atoms with E-state index in [0.29, 0.717) is 0 Å². The lowest BCUT2D eigenvalue weighted by Gasteiger charge is -2.15. The highest BCUT2D eigenvalue weighted by molar-refractivity contribution is 6.08. The van der Waals surface area contributed by atoms with Crippen molar-refractivity contribution in [2.75, 3.05) is 32.1 Å². The molecule has 6 nitrogen and oxygen atoms in total. The smallest absolute Gasteiger partial charge is 0.337 e. The number of aliphatic hydroxyl groups is 1. The summed E-state index contributed by atoms with van der Waals surface area (Å²) in [4.78, 5) is 25.7. The molecule has 6 heteroatoms. The number of ether oxygens (including phenoxy) is 1. The van der Waals surface area contributed by atoms with Crippen LogP contribution in [0.15, 0.2) is 35.5 Å². The van der Waals surface area contributed by atoms with Crippen LogP contribution in [0.2, 0.25) is 0 Å². The number of rotatable bonds is 7. The van der Waals surface area contributed by atoms with Crippen LogP contribution in [0.1, 0.15) is 18.9 Å². The third kappa shape index (κ3) is 3.90. The van der Waals surface area contributed by atoms with Crippen molar-refractivity contribution < 1.29 is 19.4 Å². The molecule has 1 aromatic carbocycles. The molecule has 23 heavy (non-hydrogen) atoms. The van der Waals surface area contributed by atoms with Crippen molar-refractivity contribution in [3.63, 3.8) is 0 Å². The molecule has 1 heterocycles. The molecule has 2 rings (SSSR count). The number of aryl methyl sites for hydroxylation is 1. The van der Waals surface area contributed by atoms with E-state index in [1.165, 1.54) is 17.6 Å². The highest BCUT2D eigenvalue weighted by atomic mass is 16.5. The Bertz CT molecular complexity index is 608. The minimum atomic E-state index is -0.538. The Hall–Kier alpha value is -2.34. The first kappa shape index (κ1) is 17.0. The molecular formula is C17H22N2O4. The number of esters is 1. The topological polar surface area (TPSA) is 78.9 Å². The molecule has 0 radical (unpaired) electrons. The van der Waals surface area contributed by atoms with Gasteiger partial charge in [0, 0.05) is 12.2 Å². The molecule has 0 aliphatic carbocycles. The Morgan fingerprint density at radius 2 is 2.04 bits per heavy atom. The van der Waals surface area contributed by atoms with E-state index in [1.807, 2.05) is 24.3 Å². The van der Waals surface area contributed by atoms with Crippen molar-refractivity contribution in [1.82, 2.24) is 4.90 Å². The molecule has 0 spiro atoms. The third-order valence-corrected chi connectivity index (χ3v) is 3.72. The number of carbonyl (C=O) groups excluding carboxylic acids is 2. The summed E-state index contributed by atoms with van der Waals surface area (Å²) in [6.07, 6.45) is 2.07. The number of nitrogens with one attached hydrogen (secondary N) is 1. The van der Waals surface area contributed by atoms with Crippen molar-refractivity contribution in [2.45, 2.75) is 19.8 Å². The molecule has 0 aromatic heterocycles. The summed E-state index contributed by atoms with van der Waals surface area (Å²) < 4.78 is 4.75. The largest absolute Gasteiger partial charge is 0.466 e. The molecule has 0 fully saturated rings. The van der Waals surface area contributed by atoms with Gasteiger partial charge in [-0.3, -0.25) is 4.79 Å². The molecule has 1 aliphatic rings. The van der Waals surface area contributed by atoms with Gasteiger partial charge in [0.05, 0.1) is 25.8 Å². The number of anilines is 1. The van der Waals surface area contributed by atoms with Crippen molar-refractivity contribution in [3.8, 4) is 0 Å². The molecule has 0 unspecified atom stereocenters. The Labute approximate surface area is 135 Å². The minimum absolute atomic E-state index is 0.141. The SMILES string of the molecule is CCCc1ccc(NC2=C(C(=O)OC)CN(CCO)C2=O)cc1. The summed E-state index contributed by atoms with van der Waals surface area (Å²) >= 11 is 0.